The van der Waals surface area contributed by atoms with Crippen LogP contribution in [0.3, 0.4) is 0 Å². The summed E-state index contributed by atoms with van der Waals surface area (Å²) < 4.78 is 5.16. The number of nitrogens with zero attached hydrogens (tertiary/aromatic N) is 1. The first-order valence-electron chi connectivity index (χ1n) is 6.73. The summed E-state index contributed by atoms with van der Waals surface area (Å²) in [6, 6.07) is 7.93. The second-order valence-corrected chi connectivity index (χ2v) is 5.33. The van der Waals surface area contributed by atoms with Crippen molar-refractivity contribution < 1.29 is 9.53 Å². The van der Waals surface area contributed by atoms with E-state index < -0.39 is 6.04 Å². The van der Waals surface area contributed by atoms with Crippen LogP contribution < -0.4 is 10.5 Å². The predicted molar refractivity (Wildman–Crippen MR) is 75.2 cm³/mol. The maximum atomic E-state index is 12.0. The van der Waals surface area contributed by atoms with Crippen molar-refractivity contribution in [2.75, 3.05) is 13.7 Å². The summed E-state index contributed by atoms with van der Waals surface area (Å²) in [6.07, 6.45) is 0.991. The lowest BCUT2D eigenvalue weighted by Crippen LogP contribution is -2.43. The molecule has 0 radical (unpaired) electrons. The SMILES string of the molecule is COc1ccc([C@@H]2C[C@@H](C)N(C(=O)[C@@H](C)N)C2)cc1. The van der Waals surface area contributed by atoms with Gasteiger partial charge in [0.2, 0.25) is 5.91 Å². The van der Waals surface area contributed by atoms with Crippen molar-refractivity contribution in [1.82, 2.24) is 4.90 Å². The molecule has 1 fully saturated rings. The van der Waals surface area contributed by atoms with E-state index in [0.717, 1.165) is 18.7 Å². The van der Waals surface area contributed by atoms with E-state index >= 15 is 0 Å². The molecule has 19 heavy (non-hydrogen) atoms. The van der Waals surface area contributed by atoms with Crippen LogP contribution in [-0.4, -0.2) is 36.5 Å². The van der Waals surface area contributed by atoms with Crippen molar-refractivity contribution in [2.24, 2.45) is 5.73 Å². The van der Waals surface area contributed by atoms with Crippen LogP contribution in [0, 0.1) is 0 Å². The second kappa shape index (κ2) is 5.61. The van der Waals surface area contributed by atoms with Gasteiger partial charge in [0, 0.05) is 18.5 Å². The molecule has 0 unspecified atom stereocenters. The van der Waals surface area contributed by atoms with Crippen LogP contribution in [0.1, 0.15) is 31.7 Å². The number of nitrogens with two attached hydrogens (primary N) is 1. The molecule has 0 aliphatic carbocycles. The van der Waals surface area contributed by atoms with Gasteiger partial charge in [0.05, 0.1) is 13.2 Å². The van der Waals surface area contributed by atoms with Gasteiger partial charge in [-0.15, -0.1) is 0 Å². The molecular formula is C15H22N2O2. The van der Waals surface area contributed by atoms with Gasteiger partial charge in [-0.25, -0.2) is 0 Å². The molecule has 2 rings (SSSR count). The lowest BCUT2D eigenvalue weighted by molar-refractivity contribution is -0.132. The lowest BCUT2D eigenvalue weighted by atomic mass is 9.97. The van der Waals surface area contributed by atoms with Gasteiger partial charge in [-0.1, -0.05) is 12.1 Å². The molecule has 4 heteroatoms. The number of methoxy groups -OCH3 is 1. The van der Waals surface area contributed by atoms with E-state index in [1.165, 1.54) is 5.56 Å². The normalized spacial score (nSPS) is 24.3. The molecule has 1 saturated heterocycles. The fraction of sp³-hybridized carbons (Fsp3) is 0.533. The maximum Gasteiger partial charge on any atom is 0.239 e. The highest BCUT2D eigenvalue weighted by atomic mass is 16.5. The standard InChI is InChI=1S/C15H22N2O2/c1-10-8-13(9-17(10)15(18)11(2)16)12-4-6-14(19-3)7-5-12/h4-7,10-11,13H,8-9,16H2,1-3H3/t10-,11-,13-/m1/s1. The number of likely N-dealkylation sites (tertiary alicyclic amines) is 1. The van der Waals surface area contributed by atoms with Crippen LogP contribution in [0.15, 0.2) is 24.3 Å². The Labute approximate surface area is 114 Å². The summed E-state index contributed by atoms with van der Waals surface area (Å²) >= 11 is 0. The third kappa shape index (κ3) is 2.89. The zero-order valence-electron chi connectivity index (χ0n) is 11.8. The third-order valence-corrected chi connectivity index (χ3v) is 3.83. The molecule has 0 spiro atoms. The first-order valence-corrected chi connectivity index (χ1v) is 6.73. The molecule has 0 bridgehead atoms. The van der Waals surface area contributed by atoms with Gasteiger partial charge in [0.15, 0.2) is 0 Å². The van der Waals surface area contributed by atoms with E-state index in [0.29, 0.717) is 5.92 Å². The van der Waals surface area contributed by atoms with Crippen molar-refractivity contribution in [2.45, 2.75) is 38.3 Å². The Hall–Kier alpha value is -1.55. The van der Waals surface area contributed by atoms with E-state index in [1.807, 2.05) is 17.0 Å². The average Bonchev–Trinajstić information content (AvgIpc) is 2.80. The largest absolute Gasteiger partial charge is 0.497 e. The molecule has 1 aliphatic heterocycles. The monoisotopic (exact) mass is 262 g/mol. The molecule has 1 heterocycles. The number of hydrogen-bond donors (Lipinski definition) is 1. The molecule has 4 nitrogen and oxygen atoms in total. The molecule has 0 aromatic heterocycles. The number of carbonyl (C=O) groups is 1. The van der Waals surface area contributed by atoms with Gasteiger partial charge in [-0.2, -0.15) is 0 Å². The van der Waals surface area contributed by atoms with E-state index in [-0.39, 0.29) is 11.9 Å². The van der Waals surface area contributed by atoms with Crippen molar-refractivity contribution >= 4 is 5.91 Å². The molecule has 1 aliphatic rings. The van der Waals surface area contributed by atoms with Gasteiger partial charge < -0.3 is 15.4 Å². The highest BCUT2D eigenvalue weighted by Crippen LogP contribution is 2.32. The Morgan fingerprint density at radius 3 is 2.58 bits per heavy atom. The van der Waals surface area contributed by atoms with Crippen LogP contribution in [0.2, 0.25) is 0 Å². The molecule has 104 valence electrons. The number of ether oxygens (including phenoxy) is 1. The summed E-state index contributed by atoms with van der Waals surface area (Å²) in [4.78, 5) is 13.9. The van der Waals surface area contributed by atoms with Crippen molar-refractivity contribution in [1.29, 1.82) is 0 Å². The molecule has 1 aromatic rings. The summed E-state index contributed by atoms with van der Waals surface area (Å²) in [5, 5.41) is 0. The highest BCUT2D eigenvalue weighted by Gasteiger charge is 2.34. The van der Waals surface area contributed by atoms with Gasteiger partial charge in [-0.3, -0.25) is 4.79 Å². The number of carbonyl (C=O) groups excluding carboxylic acids is 1. The second-order valence-electron chi connectivity index (χ2n) is 5.33. The quantitative estimate of drug-likeness (QED) is 0.903. The summed E-state index contributed by atoms with van der Waals surface area (Å²) in [5.41, 5.74) is 6.95. The number of benzene rings is 1. The molecule has 1 aromatic carbocycles. The van der Waals surface area contributed by atoms with Crippen LogP contribution in [0.25, 0.3) is 0 Å². The topological polar surface area (TPSA) is 55.6 Å². The minimum atomic E-state index is -0.419. The van der Waals surface area contributed by atoms with Crippen molar-refractivity contribution in [3.63, 3.8) is 0 Å². The van der Waals surface area contributed by atoms with Crippen LogP contribution in [0.5, 0.6) is 5.75 Å². The minimum Gasteiger partial charge on any atom is -0.497 e. The molecule has 2 N–H and O–H groups in total. The van der Waals surface area contributed by atoms with Crippen LogP contribution in [0.4, 0.5) is 0 Å². The van der Waals surface area contributed by atoms with Gasteiger partial charge in [-0.05, 0) is 38.0 Å². The Kier molecular flexibility index (Phi) is 4.10. The highest BCUT2D eigenvalue weighted by molar-refractivity contribution is 5.81. The van der Waals surface area contributed by atoms with Crippen molar-refractivity contribution in [3.8, 4) is 5.75 Å². The first-order chi connectivity index (χ1) is 9.02. The zero-order chi connectivity index (χ0) is 14.0. The van der Waals surface area contributed by atoms with Gasteiger partial charge in [0.1, 0.15) is 5.75 Å². The summed E-state index contributed by atoms with van der Waals surface area (Å²) in [7, 11) is 1.66. The molecule has 3 atom stereocenters. The summed E-state index contributed by atoms with van der Waals surface area (Å²) in [5.74, 6) is 1.30. The molecular weight excluding hydrogens is 240 g/mol. The fourth-order valence-electron chi connectivity index (χ4n) is 2.72. The van der Waals surface area contributed by atoms with Gasteiger partial charge >= 0.3 is 0 Å². The summed E-state index contributed by atoms with van der Waals surface area (Å²) in [6.45, 7) is 4.59. The Bertz CT molecular complexity index is 442. The van der Waals surface area contributed by atoms with E-state index in [2.05, 4.69) is 19.1 Å². The number of rotatable bonds is 3. The van der Waals surface area contributed by atoms with E-state index in [4.69, 9.17) is 10.5 Å². The Morgan fingerprint density at radius 1 is 1.42 bits per heavy atom. The first kappa shape index (κ1) is 13.9. The minimum absolute atomic E-state index is 0.0449. The molecule has 1 amide bonds. The molecule has 0 saturated carbocycles. The Balaban J connectivity index is 2.09. The maximum absolute atomic E-state index is 12.0. The van der Waals surface area contributed by atoms with E-state index in [1.54, 1.807) is 14.0 Å². The fourth-order valence-corrected chi connectivity index (χ4v) is 2.72. The van der Waals surface area contributed by atoms with Gasteiger partial charge in [0.25, 0.3) is 0 Å². The predicted octanol–water partition coefficient (Wildman–Crippen LogP) is 1.75. The zero-order valence-corrected chi connectivity index (χ0v) is 11.8. The number of amides is 1. The number of hydrogen-bond acceptors (Lipinski definition) is 3. The van der Waals surface area contributed by atoms with Crippen LogP contribution >= 0.6 is 0 Å². The van der Waals surface area contributed by atoms with Crippen molar-refractivity contribution in [3.05, 3.63) is 29.8 Å². The lowest BCUT2D eigenvalue weighted by Gasteiger charge is -2.23. The van der Waals surface area contributed by atoms with E-state index in [9.17, 15) is 4.79 Å². The Morgan fingerprint density at radius 2 is 2.05 bits per heavy atom. The average molecular weight is 262 g/mol. The smallest absolute Gasteiger partial charge is 0.239 e. The van der Waals surface area contributed by atoms with Crippen LogP contribution in [-0.2, 0) is 4.79 Å². The third-order valence-electron chi connectivity index (χ3n) is 3.83.